The van der Waals surface area contributed by atoms with Crippen LogP contribution in [0.1, 0.15) is 76.9 Å². The van der Waals surface area contributed by atoms with Gasteiger partial charge in [0.05, 0.1) is 27.7 Å². The van der Waals surface area contributed by atoms with Crippen molar-refractivity contribution >= 4 is 45.9 Å². The number of carbonyl (C=O) groups is 3. The van der Waals surface area contributed by atoms with Crippen molar-refractivity contribution in [2.45, 2.75) is 44.9 Å². The maximum atomic E-state index is 14.0. The number of carbonyl (C=O) groups excluding carboxylic acids is 2. The van der Waals surface area contributed by atoms with Gasteiger partial charge in [-0.15, -0.1) is 0 Å². The molecule has 2 aliphatic carbocycles. The van der Waals surface area contributed by atoms with Crippen molar-refractivity contribution < 1.29 is 19.5 Å². The van der Waals surface area contributed by atoms with Crippen molar-refractivity contribution in [2.75, 3.05) is 13.1 Å². The highest BCUT2D eigenvalue weighted by Gasteiger charge is 2.33. The van der Waals surface area contributed by atoms with Gasteiger partial charge in [0, 0.05) is 24.0 Å². The molecular weight excluding hydrogens is 490 g/mol. The molecule has 1 saturated carbocycles. The Bertz CT molecular complexity index is 1480. The van der Waals surface area contributed by atoms with Crippen LogP contribution < -0.4 is 0 Å². The molecule has 3 aromatic rings. The average Bonchev–Trinajstić information content (AvgIpc) is 3.66. The smallest absolute Gasteiger partial charge is 0.306 e. The number of benzene rings is 2. The molecule has 0 spiro atoms. The number of hydrogen-bond acceptors (Lipinski definition) is 4. The van der Waals surface area contributed by atoms with Crippen LogP contribution in [0.3, 0.4) is 0 Å². The third-order valence-electron chi connectivity index (χ3n) is 7.81. The zero-order chi connectivity index (χ0) is 25.8. The average molecular weight is 518 g/mol. The van der Waals surface area contributed by atoms with Crippen molar-refractivity contribution in [1.29, 1.82) is 0 Å². The van der Waals surface area contributed by atoms with Gasteiger partial charge in [-0.05, 0) is 79.3 Å². The summed E-state index contributed by atoms with van der Waals surface area (Å²) in [6, 6.07) is 11.0. The van der Waals surface area contributed by atoms with Gasteiger partial charge in [0.1, 0.15) is 0 Å². The van der Waals surface area contributed by atoms with E-state index in [-0.39, 0.29) is 11.8 Å². The Kier molecular flexibility index (Phi) is 5.91. The fraction of sp³-hybridized carbons (Fsp3) is 0.379. The molecule has 0 bridgehead atoms. The zero-order valence-corrected chi connectivity index (χ0v) is 21.4. The first-order valence-electron chi connectivity index (χ1n) is 12.9. The Balaban J connectivity index is 1.47. The van der Waals surface area contributed by atoms with E-state index in [4.69, 9.17) is 16.7 Å². The molecule has 8 heteroatoms. The summed E-state index contributed by atoms with van der Waals surface area (Å²) in [6.07, 6.45) is 5.47. The van der Waals surface area contributed by atoms with E-state index in [1.807, 2.05) is 29.2 Å². The van der Waals surface area contributed by atoms with E-state index in [2.05, 4.69) is 6.92 Å². The molecule has 1 atom stereocenters. The number of carboxylic acid groups (broad SMARTS) is 1. The number of aromatic nitrogens is 2. The van der Waals surface area contributed by atoms with Crippen molar-refractivity contribution in [1.82, 2.24) is 14.7 Å². The van der Waals surface area contributed by atoms with Gasteiger partial charge in [-0.1, -0.05) is 36.7 Å². The van der Waals surface area contributed by atoms with E-state index >= 15 is 0 Å². The second kappa shape index (κ2) is 9.14. The van der Waals surface area contributed by atoms with Gasteiger partial charge in [-0.2, -0.15) is 9.78 Å². The van der Waals surface area contributed by atoms with Crippen LogP contribution in [0.2, 0.25) is 5.02 Å². The van der Waals surface area contributed by atoms with E-state index in [0.717, 1.165) is 42.5 Å². The van der Waals surface area contributed by atoms with Gasteiger partial charge >= 0.3 is 5.97 Å². The fourth-order valence-electron chi connectivity index (χ4n) is 5.57. The molecule has 3 aliphatic rings. The lowest BCUT2D eigenvalue weighted by atomic mass is 9.87. The Labute approximate surface area is 219 Å². The third-order valence-corrected chi connectivity index (χ3v) is 8.13. The van der Waals surface area contributed by atoms with Crippen LogP contribution in [0.5, 0.6) is 0 Å². The summed E-state index contributed by atoms with van der Waals surface area (Å²) in [4.78, 5) is 40.4. The Morgan fingerprint density at radius 1 is 1.05 bits per heavy atom. The summed E-state index contributed by atoms with van der Waals surface area (Å²) < 4.78 is 1.39. The minimum Gasteiger partial charge on any atom is -0.481 e. The zero-order valence-electron chi connectivity index (χ0n) is 20.6. The molecule has 190 valence electrons. The monoisotopic (exact) mass is 517 g/mol. The molecule has 1 aliphatic heterocycles. The van der Waals surface area contributed by atoms with E-state index in [1.54, 1.807) is 18.2 Å². The maximum Gasteiger partial charge on any atom is 0.306 e. The molecule has 1 N–H and O–H groups in total. The van der Waals surface area contributed by atoms with E-state index in [9.17, 15) is 19.5 Å². The lowest BCUT2D eigenvalue weighted by molar-refractivity contribution is -0.141. The number of likely N-dealkylation sites (tertiary alicyclic amines) is 1. The van der Waals surface area contributed by atoms with Gasteiger partial charge in [0.15, 0.2) is 0 Å². The van der Waals surface area contributed by atoms with E-state index in [1.165, 1.54) is 4.68 Å². The van der Waals surface area contributed by atoms with Gasteiger partial charge in [-0.3, -0.25) is 14.4 Å². The summed E-state index contributed by atoms with van der Waals surface area (Å²) >= 11 is 6.57. The topological polar surface area (TPSA) is 92.5 Å². The lowest BCUT2D eigenvalue weighted by Gasteiger charge is -2.37. The van der Waals surface area contributed by atoms with Crippen LogP contribution in [-0.4, -0.2) is 50.7 Å². The normalized spacial score (nSPS) is 20.0. The van der Waals surface area contributed by atoms with Gasteiger partial charge in [0.25, 0.3) is 11.8 Å². The van der Waals surface area contributed by atoms with Gasteiger partial charge in [-0.25, -0.2) is 0 Å². The summed E-state index contributed by atoms with van der Waals surface area (Å²) in [6.45, 7) is 3.56. The summed E-state index contributed by atoms with van der Waals surface area (Å²) in [5.41, 5.74) is 4.05. The van der Waals surface area contributed by atoms with Crippen LogP contribution in [0.15, 0.2) is 42.5 Å². The van der Waals surface area contributed by atoms with Crippen molar-refractivity contribution in [3.63, 3.8) is 0 Å². The number of hydrogen-bond donors (Lipinski definition) is 1. The Morgan fingerprint density at radius 2 is 1.84 bits per heavy atom. The predicted octanol–water partition coefficient (Wildman–Crippen LogP) is 5.62. The van der Waals surface area contributed by atoms with E-state index < -0.39 is 11.9 Å². The fourth-order valence-corrected chi connectivity index (χ4v) is 5.83. The molecule has 37 heavy (non-hydrogen) atoms. The molecule has 1 aromatic heterocycles. The Morgan fingerprint density at radius 3 is 2.49 bits per heavy atom. The van der Waals surface area contributed by atoms with Crippen molar-refractivity contribution in [3.8, 4) is 0 Å². The highest BCUT2D eigenvalue weighted by Crippen LogP contribution is 2.43. The first kappa shape index (κ1) is 23.9. The van der Waals surface area contributed by atoms with Crippen LogP contribution in [0, 0.1) is 11.8 Å². The molecule has 2 aromatic carbocycles. The molecule has 1 amide bonds. The van der Waals surface area contributed by atoms with Crippen molar-refractivity contribution in [2.24, 2.45) is 11.8 Å². The van der Waals surface area contributed by atoms with Crippen LogP contribution in [-0.2, 0) is 4.79 Å². The number of amides is 1. The summed E-state index contributed by atoms with van der Waals surface area (Å²) in [7, 11) is 0. The standard InChI is InChI=1S/C29H28ClN3O4/c1-16-14-32(15-16)27(34)20-11-12-22-24(13-20)33(31-26(22)18-7-9-19(10-8-18)29(36)37)28(35)25-21(17-5-6-17)3-2-4-23(25)30/h2-4,7,11-13,16-17,19H,5-6,8-10,14-15H2,1H3,(H,36,37)/t19-/m1/s1. The molecular formula is C29H28ClN3O4. The quantitative estimate of drug-likeness (QED) is 0.474. The molecule has 2 heterocycles. The minimum absolute atomic E-state index is 0.0562. The molecule has 0 unspecified atom stereocenters. The van der Waals surface area contributed by atoms with Gasteiger partial charge in [0.2, 0.25) is 0 Å². The molecule has 6 rings (SSSR count). The number of halogens is 1. The number of nitrogens with zero attached hydrogens (tertiary/aromatic N) is 3. The summed E-state index contributed by atoms with van der Waals surface area (Å²) in [5.74, 6) is -0.773. The molecule has 0 radical (unpaired) electrons. The SMILES string of the molecule is CC1CN(C(=O)c2ccc3c(C4=CC[C@@H](C(=O)O)CC4)nn(C(=O)c4c(Cl)cccc4C4CC4)c3c2)C1. The van der Waals surface area contributed by atoms with E-state index in [0.29, 0.717) is 58.5 Å². The number of fused-ring (bicyclic) bond motifs is 1. The lowest BCUT2D eigenvalue weighted by Crippen LogP contribution is -2.48. The number of carboxylic acids is 1. The molecule has 7 nitrogen and oxygen atoms in total. The first-order valence-corrected chi connectivity index (χ1v) is 13.3. The first-order chi connectivity index (χ1) is 17.8. The predicted molar refractivity (Wildman–Crippen MR) is 141 cm³/mol. The summed E-state index contributed by atoms with van der Waals surface area (Å²) in [5, 5.41) is 15.3. The maximum absolute atomic E-state index is 14.0. The molecule has 2 fully saturated rings. The van der Waals surface area contributed by atoms with Crippen LogP contribution >= 0.6 is 11.6 Å². The largest absolute Gasteiger partial charge is 0.481 e. The van der Waals surface area contributed by atoms with Gasteiger partial charge < -0.3 is 10.0 Å². The van der Waals surface area contributed by atoms with Crippen molar-refractivity contribution in [3.05, 3.63) is 69.9 Å². The number of rotatable bonds is 5. The Hall–Kier alpha value is -3.45. The number of aliphatic carboxylic acids is 1. The van der Waals surface area contributed by atoms with Crippen LogP contribution in [0.25, 0.3) is 16.5 Å². The van der Waals surface area contributed by atoms with Crippen LogP contribution in [0.4, 0.5) is 0 Å². The highest BCUT2D eigenvalue weighted by atomic mass is 35.5. The molecule has 1 saturated heterocycles. The highest BCUT2D eigenvalue weighted by molar-refractivity contribution is 6.34. The minimum atomic E-state index is -0.796. The second-order valence-corrected chi connectivity index (χ2v) is 11.0. The third kappa shape index (κ3) is 4.25. The number of allylic oxidation sites excluding steroid dienone is 2. The second-order valence-electron chi connectivity index (χ2n) is 10.6.